The minimum absolute atomic E-state index is 0.0330. The maximum absolute atomic E-state index is 5.79. The Bertz CT molecular complexity index is 331. The Hall–Kier alpha value is -0.710. The number of thiazole rings is 1. The zero-order valence-electron chi connectivity index (χ0n) is 10.3. The van der Waals surface area contributed by atoms with Gasteiger partial charge >= 0.3 is 0 Å². The summed E-state index contributed by atoms with van der Waals surface area (Å²) in [7, 11) is 0. The summed E-state index contributed by atoms with van der Waals surface area (Å²) >= 11 is 1.64. The molecule has 0 saturated heterocycles. The van der Waals surface area contributed by atoms with E-state index in [4.69, 9.17) is 5.73 Å². The summed E-state index contributed by atoms with van der Waals surface area (Å²) in [6.07, 6.45) is 1.93. The third-order valence-corrected chi connectivity index (χ3v) is 3.51. The van der Waals surface area contributed by atoms with Gasteiger partial charge in [0.05, 0.1) is 11.7 Å². The Morgan fingerprint density at radius 1 is 1.56 bits per heavy atom. The largest absolute Gasteiger partial charge is 0.322 e. The minimum Gasteiger partial charge on any atom is -0.322 e. The standard InChI is InChI=1S/C12H21N3S/c1-5-6-15(9(2)3)7-11-8-16-12(14-11)10(4)13/h5,8-10H,1,6-7,13H2,2-4H3. The van der Waals surface area contributed by atoms with Gasteiger partial charge in [0, 0.05) is 24.5 Å². The van der Waals surface area contributed by atoms with Crippen molar-refractivity contribution in [1.82, 2.24) is 9.88 Å². The highest BCUT2D eigenvalue weighted by molar-refractivity contribution is 7.09. The van der Waals surface area contributed by atoms with E-state index in [1.807, 2.05) is 13.0 Å². The second kappa shape index (κ2) is 6.13. The first-order valence-corrected chi connectivity index (χ1v) is 6.47. The number of nitrogens with two attached hydrogens (primary N) is 1. The van der Waals surface area contributed by atoms with E-state index in [9.17, 15) is 0 Å². The van der Waals surface area contributed by atoms with Gasteiger partial charge in [0.25, 0.3) is 0 Å². The Balaban J connectivity index is 2.65. The second-order valence-electron chi connectivity index (χ2n) is 4.28. The van der Waals surface area contributed by atoms with Crippen molar-refractivity contribution in [1.29, 1.82) is 0 Å². The number of nitrogens with zero attached hydrogens (tertiary/aromatic N) is 2. The first-order chi connectivity index (χ1) is 7.54. The Morgan fingerprint density at radius 2 is 2.25 bits per heavy atom. The molecule has 0 aliphatic carbocycles. The van der Waals surface area contributed by atoms with Gasteiger partial charge in [-0.2, -0.15) is 0 Å². The lowest BCUT2D eigenvalue weighted by Gasteiger charge is -2.23. The van der Waals surface area contributed by atoms with Crippen LogP contribution in [0.15, 0.2) is 18.0 Å². The van der Waals surface area contributed by atoms with E-state index >= 15 is 0 Å². The lowest BCUT2D eigenvalue weighted by atomic mass is 10.3. The molecule has 16 heavy (non-hydrogen) atoms. The molecule has 0 fully saturated rings. The Morgan fingerprint density at radius 3 is 2.69 bits per heavy atom. The van der Waals surface area contributed by atoms with E-state index in [0.29, 0.717) is 6.04 Å². The summed E-state index contributed by atoms with van der Waals surface area (Å²) < 4.78 is 0. The monoisotopic (exact) mass is 239 g/mol. The van der Waals surface area contributed by atoms with E-state index in [0.717, 1.165) is 23.8 Å². The number of rotatable bonds is 6. The molecule has 0 saturated carbocycles. The van der Waals surface area contributed by atoms with Gasteiger partial charge in [0.2, 0.25) is 0 Å². The summed E-state index contributed by atoms with van der Waals surface area (Å²) in [6, 6.07) is 0.532. The van der Waals surface area contributed by atoms with Gasteiger partial charge in [-0.3, -0.25) is 4.90 Å². The van der Waals surface area contributed by atoms with Gasteiger partial charge in [-0.1, -0.05) is 6.08 Å². The summed E-state index contributed by atoms with van der Waals surface area (Å²) in [5.41, 5.74) is 6.90. The number of aromatic nitrogens is 1. The van der Waals surface area contributed by atoms with E-state index in [-0.39, 0.29) is 6.04 Å². The van der Waals surface area contributed by atoms with Crippen molar-refractivity contribution in [3.05, 3.63) is 28.7 Å². The summed E-state index contributed by atoms with van der Waals surface area (Å²) in [6.45, 7) is 11.9. The van der Waals surface area contributed by atoms with Crippen molar-refractivity contribution in [2.75, 3.05) is 6.54 Å². The maximum atomic E-state index is 5.79. The van der Waals surface area contributed by atoms with Crippen LogP contribution in [0.3, 0.4) is 0 Å². The first kappa shape index (κ1) is 13.4. The number of hydrogen-bond acceptors (Lipinski definition) is 4. The fourth-order valence-electron chi connectivity index (χ4n) is 1.44. The highest BCUT2D eigenvalue weighted by Gasteiger charge is 2.12. The molecule has 90 valence electrons. The van der Waals surface area contributed by atoms with E-state index in [2.05, 4.69) is 35.7 Å². The van der Waals surface area contributed by atoms with Crippen molar-refractivity contribution < 1.29 is 0 Å². The van der Waals surface area contributed by atoms with Crippen molar-refractivity contribution in [3.63, 3.8) is 0 Å². The fourth-order valence-corrected chi connectivity index (χ4v) is 2.20. The minimum atomic E-state index is 0.0330. The molecule has 0 bridgehead atoms. The molecule has 4 heteroatoms. The predicted octanol–water partition coefficient (Wildman–Crippen LogP) is 2.56. The van der Waals surface area contributed by atoms with E-state index < -0.39 is 0 Å². The molecule has 0 aliphatic heterocycles. The van der Waals surface area contributed by atoms with Crippen LogP contribution in [0, 0.1) is 0 Å². The van der Waals surface area contributed by atoms with Crippen LogP contribution in [0.5, 0.6) is 0 Å². The quantitative estimate of drug-likeness (QED) is 0.776. The second-order valence-corrected chi connectivity index (χ2v) is 5.17. The predicted molar refractivity (Wildman–Crippen MR) is 70.5 cm³/mol. The van der Waals surface area contributed by atoms with Gasteiger partial charge in [0.1, 0.15) is 5.01 Å². The fraction of sp³-hybridized carbons (Fsp3) is 0.583. The topological polar surface area (TPSA) is 42.1 Å². The smallest absolute Gasteiger partial charge is 0.109 e. The zero-order chi connectivity index (χ0) is 12.1. The summed E-state index contributed by atoms with van der Waals surface area (Å²) in [5.74, 6) is 0. The molecule has 1 aromatic heterocycles. The third kappa shape index (κ3) is 3.70. The molecule has 1 unspecified atom stereocenters. The third-order valence-electron chi connectivity index (χ3n) is 2.42. The van der Waals surface area contributed by atoms with Crippen LogP contribution in [-0.2, 0) is 6.54 Å². The molecule has 1 rings (SSSR count). The van der Waals surface area contributed by atoms with Crippen LogP contribution in [0.2, 0.25) is 0 Å². The van der Waals surface area contributed by atoms with Crippen LogP contribution in [0.4, 0.5) is 0 Å². The normalized spacial score (nSPS) is 13.4. The van der Waals surface area contributed by atoms with Crippen LogP contribution in [0.1, 0.15) is 37.5 Å². The van der Waals surface area contributed by atoms with Gasteiger partial charge < -0.3 is 5.73 Å². The highest BCUT2D eigenvalue weighted by Crippen LogP contribution is 2.17. The average molecular weight is 239 g/mol. The molecule has 0 aliphatic rings. The molecule has 0 radical (unpaired) electrons. The number of hydrogen-bond donors (Lipinski definition) is 1. The summed E-state index contributed by atoms with van der Waals surface area (Å²) in [4.78, 5) is 6.86. The summed E-state index contributed by atoms with van der Waals surface area (Å²) in [5, 5.41) is 3.11. The van der Waals surface area contributed by atoms with Crippen molar-refractivity contribution >= 4 is 11.3 Å². The Kier molecular flexibility index (Phi) is 5.12. The molecule has 0 aromatic carbocycles. The molecule has 0 spiro atoms. The van der Waals surface area contributed by atoms with Crippen LogP contribution in [0.25, 0.3) is 0 Å². The van der Waals surface area contributed by atoms with E-state index in [1.165, 1.54) is 0 Å². The van der Waals surface area contributed by atoms with Crippen molar-refractivity contribution in [3.8, 4) is 0 Å². The van der Waals surface area contributed by atoms with Gasteiger partial charge in [-0.25, -0.2) is 4.98 Å². The van der Waals surface area contributed by atoms with Crippen LogP contribution < -0.4 is 5.73 Å². The highest BCUT2D eigenvalue weighted by atomic mass is 32.1. The Labute approximate surface area is 102 Å². The van der Waals surface area contributed by atoms with Gasteiger partial charge in [-0.05, 0) is 20.8 Å². The average Bonchev–Trinajstić information content (AvgIpc) is 2.65. The molecular weight excluding hydrogens is 218 g/mol. The molecular formula is C12H21N3S. The molecule has 0 amide bonds. The van der Waals surface area contributed by atoms with Crippen LogP contribution >= 0.6 is 11.3 Å². The molecule has 1 atom stereocenters. The lowest BCUT2D eigenvalue weighted by molar-refractivity contribution is 0.235. The van der Waals surface area contributed by atoms with Gasteiger partial charge in [-0.15, -0.1) is 17.9 Å². The SMILES string of the molecule is C=CCN(Cc1csc(C(C)N)n1)C(C)C. The molecule has 3 nitrogen and oxygen atoms in total. The van der Waals surface area contributed by atoms with Crippen molar-refractivity contribution in [2.24, 2.45) is 5.73 Å². The maximum Gasteiger partial charge on any atom is 0.109 e. The van der Waals surface area contributed by atoms with E-state index in [1.54, 1.807) is 11.3 Å². The zero-order valence-corrected chi connectivity index (χ0v) is 11.1. The molecule has 2 N–H and O–H groups in total. The van der Waals surface area contributed by atoms with Crippen molar-refractivity contribution in [2.45, 2.75) is 39.4 Å². The van der Waals surface area contributed by atoms with Crippen LogP contribution in [-0.4, -0.2) is 22.5 Å². The van der Waals surface area contributed by atoms with Gasteiger partial charge in [0.15, 0.2) is 0 Å². The first-order valence-electron chi connectivity index (χ1n) is 5.59. The lowest BCUT2D eigenvalue weighted by Crippen LogP contribution is -2.30. The molecule has 1 aromatic rings. The molecule has 1 heterocycles.